The first-order chi connectivity index (χ1) is 10.4. The van der Waals surface area contributed by atoms with Crippen molar-refractivity contribution in [1.82, 2.24) is 4.90 Å². The Hall–Kier alpha value is -2.08. The van der Waals surface area contributed by atoms with E-state index < -0.39 is 11.8 Å². The highest BCUT2D eigenvalue weighted by molar-refractivity contribution is 6.39. The van der Waals surface area contributed by atoms with E-state index in [9.17, 15) is 9.59 Å². The molecule has 1 aromatic rings. The molecule has 2 rings (SSSR count). The molecule has 22 heavy (non-hydrogen) atoms. The average Bonchev–Trinajstić information content (AvgIpc) is 2.45. The molecular formula is C16H22N2O4. The number of anilines is 1. The molecule has 0 aromatic heterocycles. The molecule has 0 radical (unpaired) electrons. The van der Waals surface area contributed by atoms with Crippen LogP contribution >= 0.6 is 0 Å². The molecule has 0 spiro atoms. The Kier molecular flexibility index (Phi) is 5.03. The third-order valence-corrected chi connectivity index (χ3v) is 3.50. The van der Waals surface area contributed by atoms with Gasteiger partial charge in [-0.25, -0.2) is 0 Å². The van der Waals surface area contributed by atoms with Crippen molar-refractivity contribution in [3.8, 4) is 5.75 Å². The predicted molar refractivity (Wildman–Crippen MR) is 82.9 cm³/mol. The van der Waals surface area contributed by atoms with Crippen LogP contribution in [-0.2, 0) is 14.3 Å². The van der Waals surface area contributed by atoms with Crippen LogP contribution in [0.4, 0.5) is 5.69 Å². The van der Waals surface area contributed by atoms with E-state index in [0.29, 0.717) is 24.5 Å². The summed E-state index contributed by atoms with van der Waals surface area (Å²) in [6.07, 6.45) is -0.150. The molecule has 1 N–H and O–H groups in total. The number of hydrogen-bond acceptors (Lipinski definition) is 4. The molecular weight excluding hydrogens is 284 g/mol. The number of hydrogen-bond donors (Lipinski definition) is 1. The van der Waals surface area contributed by atoms with Crippen molar-refractivity contribution >= 4 is 17.5 Å². The molecule has 0 bridgehead atoms. The van der Waals surface area contributed by atoms with Crippen LogP contribution < -0.4 is 10.1 Å². The molecule has 2 amide bonds. The maximum absolute atomic E-state index is 12.3. The maximum atomic E-state index is 12.3. The zero-order chi connectivity index (χ0) is 16.3. The number of ether oxygens (including phenoxy) is 2. The second kappa shape index (κ2) is 6.79. The topological polar surface area (TPSA) is 67.9 Å². The lowest BCUT2D eigenvalue weighted by atomic mass is 10.2. The zero-order valence-electron chi connectivity index (χ0n) is 13.4. The predicted octanol–water partition coefficient (Wildman–Crippen LogP) is 1.58. The fourth-order valence-corrected chi connectivity index (χ4v) is 2.58. The quantitative estimate of drug-likeness (QED) is 0.842. The SMILES string of the molecule is COc1ccc(C)cc1NC(=O)C(=O)N1CC(C)OC(C)C1. The maximum Gasteiger partial charge on any atom is 0.314 e. The highest BCUT2D eigenvalue weighted by Crippen LogP contribution is 2.25. The highest BCUT2D eigenvalue weighted by atomic mass is 16.5. The molecule has 2 atom stereocenters. The van der Waals surface area contributed by atoms with E-state index in [1.54, 1.807) is 12.1 Å². The van der Waals surface area contributed by atoms with E-state index in [-0.39, 0.29) is 12.2 Å². The molecule has 0 saturated carbocycles. The van der Waals surface area contributed by atoms with Crippen molar-refractivity contribution < 1.29 is 19.1 Å². The summed E-state index contributed by atoms with van der Waals surface area (Å²) in [6.45, 7) is 6.51. The average molecular weight is 306 g/mol. The van der Waals surface area contributed by atoms with Crippen LogP contribution in [-0.4, -0.2) is 49.1 Å². The Morgan fingerprint density at radius 2 is 1.91 bits per heavy atom. The van der Waals surface area contributed by atoms with E-state index in [1.165, 1.54) is 12.0 Å². The summed E-state index contributed by atoms with van der Waals surface area (Å²) in [5.41, 5.74) is 1.47. The van der Waals surface area contributed by atoms with Gasteiger partial charge in [-0.3, -0.25) is 9.59 Å². The van der Waals surface area contributed by atoms with Crippen LogP contribution in [0.2, 0.25) is 0 Å². The Morgan fingerprint density at radius 3 is 2.50 bits per heavy atom. The minimum atomic E-state index is -0.662. The van der Waals surface area contributed by atoms with Crippen molar-refractivity contribution in [3.05, 3.63) is 23.8 Å². The Labute approximate surface area is 130 Å². The fourth-order valence-electron chi connectivity index (χ4n) is 2.58. The monoisotopic (exact) mass is 306 g/mol. The fraction of sp³-hybridized carbons (Fsp3) is 0.500. The standard InChI is InChI=1S/C16H22N2O4/c1-10-5-6-14(21-4)13(7-10)17-15(19)16(20)18-8-11(2)22-12(3)9-18/h5-7,11-12H,8-9H2,1-4H3,(H,17,19). The number of aryl methyl sites for hydroxylation is 1. The molecule has 1 aliphatic rings. The first kappa shape index (κ1) is 16.3. The van der Waals surface area contributed by atoms with Gasteiger partial charge in [0.2, 0.25) is 0 Å². The number of nitrogens with zero attached hydrogens (tertiary/aromatic N) is 1. The van der Waals surface area contributed by atoms with Crippen molar-refractivity contribution in [2.24, 2.45) is 0 Å². The summed E-state index contributed by atoms with van der Waals surface area (Å²) in [7, 11) is 1.52. The molecule has 6 nitrogen and oxygen atoms in total. The van der Waals surface area contributed by atoms with Crippen LogP contribution in [0, 0.1) is 6.92 Å². The van der Waals surface area contributed by atoms with E-state index in [0.717, 1.165) is 5.56 Å². The normalized spacial score (nSPS) is 21.4. The molecule has 0 aliphatic carbocycles. The molecule has 1 aromatic carbocycles. The Bertz CT molecular complexity index is 563. The largest absolute Gasteiger partial charge is 0.495 e. The van der Waals surface area contributed by atoms with Crippen LogP contribution in [0.15, 0.2) is 18.2 Å². The highest BCUT2D eigenvalue weighted by Gasteiger charge is 2.30. The lowest BCUT2D eigenvalue weighted by molar-refractivity contribution is -0.151. The number of methoxy groups -OCH3 is 1. The van der Waals surface area contributed by atoms with Gasteiger partial charge in [-0.15, -0.1) is 0 Å². The van der Waals surface area contributed by atoms with Crippen molar-refractivity contribution in [1.29, 1.82) is 0 Å². The molecule has 2 unspecified atom stereocenters. The first-order valence-electron chi connectivity index (χ1n) is 7.31. The van der Waals surface area contributed by atoms with Gasteiger partial charge in [0.1, 0.15) is 5.75 Å². The van der Waals surface area contributed by atoms with Gasteiger partial charge in [0.05, 0.1) is 25.0 Å². The number of morpholine rings is 1. The number of amides is 2. The second-order valence-corrected chi connectivity index (χ2v) is 5.63. The summed E-state index contributed by atoms with van der Waals surface area (Å²) in [5.74, 6) is -0.689. The summed E-state index contributed by atoms with van der Waals surface area (Å²) in [5, 5.41) is 2.63. The van der Waals surface area contributed by atoms with Gasteiger partial charge in [0.25, 0.3) is 0 Å². The summed E-state index contributed by atoms with van der Waals surface area (Å²) in [6, 6.07) is 5.41. The third kappa shape index (κ3) is 3.76. The number of carbonyl (C=O) groups is 2. The van der Waals surface area contributed by atoms with Crippen LogP contribution in [0.5, 0.6) is 5.75 Å². The molecule has 6 heteroatoms. The Balaban J connectivity index is 2.08. The molecule has 1 aliphatic heterocycles. The first-order valence-corrected chi connectivity index (χ1v) is 7.31. The van der Waals surface area contributed by atoms with E-state index in [1.807, 2.05) is 26.8 Å². The number of rotatable bonds is 2. The van der Waals surface area contributed by atoms with E-state index in [2.05, 4.69) is 5.32 Å². The number of carbonyl (C=O) groups excluding carboxylic acids is 2. The third-order valence-electron chi connectivity index (χ3n) is 3.50. The van der Waals surface area contributed by atoms with Gasteiger partial charge >= 0.3 is 11.8 Å². The molecule has 1 saturated heterocycles. The van der Waals surface area contributed by atoms with Crippen LogP contribution in [0.1, 0.15) is 19.4 Å². The summed E-state index contributed by atoms with van der Waals surface area (Å²) >= 11 is 0. The van der Waals surface area contributed by atoms with Crippen molar-refractivity contribution in [3.63, 3.8) is 0 Å². The Morgan fingerprint density at radius 1 is 1.27 bits per heavy atom. The zero-order valence-corrected chi connectivity index (χ0v) is 13.4. The number of benzene rings is 1. The van der Waals surface area contributed by atoms with Gasteiger partial charge in [-0.2, -0.15) is 0 Å². The van der Waals surface area contributed by atoms with Gasteiger partial charge < -0.3 is 19.7 Å². The van der Waals surface area contributed by atoms with Crippen LogP contribution in [0.3, 0.4) is 0 Å². The second-order valence-electron chi connectivity index (χ2n) is 5.63. The minimum Gasteiger partial charge on any atom is -0.495 e. The summed E-state index contributed by atoms with van der Waals surface area (Å²) < 4.78 is 10.8. The van der Waals surface area contributed by atoms with Crippen molar-refractivity contribution in [2.75, 3.05) is 25.5 Å². The van der Waals surface area contributed by atoms with Gasteiger partial charge in [0, 0.05) is 13.1 Å². The lowest BCUT2D eigenvalue weighted by Gasteiger charge is -2.34. The van der Waals surface area contributed by atoms with E-state index in [4.69, 9.17) is 9.47 Å². The van der Waals surface area contributed by atoms with Crippen LogP contribution in [0.25, 0.3) is 0 Å². The van der Waals surface area contributed by atoms with E-state index >= 15 is 0 Å². The van der Waals surface area contributed by atoms with Crippen molar-refractivity contribution in [2.45, 2.75) is 33.0 Å². The van der Waals surface area contributed by atoms with Gasteiger partial charge in [-0.05, 0) is 38.5 Å². The smallest absolute Gasteiger partial charge is 0.314 e. The summed E-state index contributed by atoms with van der Waals surface area (Å²) in [4.78, 5) is 26.0. The molecule has 1 fully saturated rings. The minimum absolute atomic E-state index is 0.0750. The van der Waals surface area contributed by atoms with Gasteiger partial charge in [0.15, 0.2) is 0 Å². The molecule has 120 valence electrons. The number of nitrogens with one attached hydrogen (secondary N) is 1. The lowest BCUT2D eigenvalue weighted by Crippen LogP contribution is -2.51. The van der Waals surface area contributed by atoms with Gasteiger partial charge in [-0.1, -0.05) is 6.07 Å². The molecule has 1 heterocycles.